The second-order valence-electron chi connectivity index (χ2n) is 11.5. The number of fused-ring (bicyclic) bond motifs is 1. The van der Waals surface area contributed by atoms with E-state index in [1.807, 2.05) is 25.1 Å². The monoisotopic (exact) mass is 712 g/mol. The van der Waals surface area contributed by atoms with Crippen LogP contribution in [0.25, 0.3) is 22.0 Å². The molecule has 2 heterocycles. The highest BCUT2D eigenvalue weighted by Crippen LogP contribution is 2.42. The first kappa shape index (κ1) is 33.4. The lowest BCUT2D eigenvalue weighted by Crippen LogP contribution is -2.36. The minimum Gasteiger partial charge on any atom is -0.444 e. The number of amides is 1. The Bertz CT molecular complexity index is 1840. The molecule has 0 saturated carbocycles. The number of carbonyl (C=O) groups is 1. The maximum absolute atomic E-state index is 14.2. The number of rotatable bonds is 8. The first-order valence-electron chi connectivity index (χ1n) is 13.3. The predicted molar refractivity (Wildman–Crippen MR) is 172 cm³/mol. The van der Waals surface area contributed by atoms with Crippen LogP contribution in [0.15, 0.2) is 41.0 Å². The number of hydrogen-bond acceptors (Lipinski definition) is 7. The molecular formula is C29H32BrClF2N6O4S. The number of alkyl carbamates (subject to hydrolysis) is 1. The van der Waals surface area contributed by atoms with Gasteiger partial charge in [0.05, 0.1) is 39.6 Å². The van der Waals surface area contributed by atoms with Crippen molar-refractivity contribution in [1.29, 1.82) is 0 Å². The third kappa shape index (κ3) is 7.77. The number of aryl methyl sites for hydroxylation is 1. The number of aromatic nitrogens is 3. The van der Waals surface area contributed by atoms with Crippen molar-refractivity contribution < 1.29 is 26.7 Å². The van der Waals surface area contributed by atoms with Gasteiger partial charge in [0.25, 0.3) is 0 Å². The molecule has 0 saturated heterocycles. The highest BCUT2D eigenvalue weighted by atomic mass is 79.9. The fourth-order valence-electron chi connectivity index (χ4n) is 4.76. The Balaban J connectivity index is 2.02. The van der Waals surface area contributed by atoms with Crippen LogP contribution in [0, 0.1) is 11.6 Å². The number of ether oxygens (including phenoxy) is 1. The maximum atomic E-state index is 14.2. The van der Waals surface area contributed by atoms with Crippen molar-refractivity contribution in [2.24, 2.45) is 7.05 Å². The zero-order valence-corrected chi connectivity index (χ0v) is 28.2. The molecule has 0 fully saturated rings. The number of sulfonamides is 1. The van der Waals surface area contributed by atoms with E-state index >= 15 is 0 Å². The highest BCUT2D eigenvalue weighted by molar-refractivity contribution is 9.10. The average Bonchev–Trinajstić information content (AvgIpc) is 3.17. The lowest BCUT2D eigenvalue weighted by atomic mass is 9.94. The third-order valence-corrected chi connectivity index (χ3v) is 7.82. The maximum Gasteiger partial charge on any atom is 0.408 e. The second kappa shape index (κ2) is 12.5. The van der Waals surface area contributed by atoms with Crippen LogP contribution in [0.3, 0.4) is 0 Å². The fraction of sp³-hybridized carbons (Fsp3) is 0.345. The SMILES string of the molecule is CN(C)c1cc(-c2ccc(Cl)c3c(NS(C)(=O)=O)nn(C)c23)c(C(Cc2cc(F)cc(F)c2)NC(=O)OC(C)(C)C)nc1Br. The van der Waals surface area contributed by atoms with Crippen LogP contribution in [0.4, 0.5) is 25.1 Å². The number of anilines is 2. The quantitative estimate of drug-likeness (QED) is 0.198. The van der Waals surface area contributed by atoms with Gasteiger partial charge in [0, 0.05) is 38.3 Å². The molecule has 0 aliphatic rings. The predicted octanol–water partition coefficient (Wildman–Crippen LogP) is 6.58. The number of nitrogens with one attached hydrogen (secondary N) is 2. The van der Waals surface area contributed by atoms with Crippen LogP contribution < -0.4 is 14.9 Å². The van der Waals surface area contributed by atoms with Gasteiger partial charge in [0.2, 0.25) is 10.0 Å². The van der Waals surface area contributed by atoms with Crippen molar-refractivity contribution in [3.63, 3.8) is 0 Å². The molecule has 0 radical (unpaired) electrons. The highest BCUT2D eigenvalue weighted by Gasteiger charge is 2.28. The summed E-state index contributed by atoms with van der Waals surface area (Å²) in [4.78, 5) is 19.8. The summed E-state index contributed by atoms with van der Waals surface area (Å²) in [5.41, 5.74) is 2.00. The molecule has 0 aliphatic heterocycles. The Hall–Kier alpha value is -3.49. The molecule has 15 heteroatoms. The van der Waals surface area contributed by atoms with Crippen LogP contribution in [0.2, 0.25) is 5.02 Å². The number of halogens is 4. The average molecular weight is 714 g/mol. The van der Waals surface area contributed by atoms with Crippen LogP contribution in [-0.2, 0) is 28.2 Å². The minimum absolute atomic E-state index is 0.0370. The van der Waals surface area contributed by atoms with Crippen molar-refractivity contribution in [1.82, 2.24) is 20.1 Å². The Kier molecular flexibility index (Phi) is 9.48. The molecule has 4 aromatic rings. The normalized spacial score (nSPS) is 12.7. The molecule has 2 N–H and O–H groups in total. The van der Waals surface area contributed by atoms with Gasteiger partial charge < -0.3 is 15.0 Å². The van der Waals surface area contributed by atoms with Gasteiger partial charge in [-0.25, -0.2) is 27.0 Å². The third-order valence-electron chi connectivity index (χ3n) is 6.36. The fourth-order valence-corrected chi connectivity index (χ4v) is 6.16. The van der Waals surface area contributed by atoms with Crippen molar-refractivity contribution in [2.75, 3.05) is 30.0 Å². The summed E-state index contributed by atoms with van der Waals surface area (Å²) in [5.74, 6) is -1.50. The molecule has 1 amide bonds. The summed E-state index contributed by atoms with van der Waals surface area (Å²) in [6, 6.07) is 7.36. The van der Waals surface area contributed by atoms with E-state index in [2.05, 4.69) is 31.1 Å². The van der Waals surface area contributed by atoms with Crippen LogP contribution in [-0.4, -0.2) is 55.2 Å². The van der Waals surface area contributed by atoms with Gasteiger partial charge in [-0.05, 0) is 73.0 Å². The molecule has 2 aromatic carbocycles. The molecule has 44 heavy (non-hydrogen) atoms. The van der Waals surface area contributed by atoms with Crippen molar-refractivity contribution in [3.05, 3.63) is 68.9 Å². The van der Waals surface area contributed by atoms with E-state index in [1.165, 1.54) is 16.8 Å². The minimum atomic E-state index is -3.70. The number of pyridine rings is 1. The molecule has 2 aromatic heterocycles. The van der Waals surface area contributed by atoms with Gasteiger partial charge in [-0.15, -0.1) is 0 Å². The zero-order chi connectivity index (χ0) is 32.7. The summed E-state index contributed by atoms with van der Waals surface area (Å²) in [6.07, 6.45) is 0.194. The van der Waals surface area contributed by atoms with E-state index in [0.29, 0.717) is 38.0 Å². The second-order valence-corrected chi connectivity index (χ2v) is 14.4. The summed E-state index contributed by atoms with van der Waals surface area (Å²) >= 11 is 10.1. The van der Waals surface area contributed by atoms with E-state index in [-0.39, 0.29) is 22.8 Å². The number of benzene rings is 2. The first-order chi connectivity index (χ1) is 20.3. The molecule has 1 unspecified atom stereocenters. The Labute approximate surface area is 267 Å². The summed E-state index contributed by atoms with van der Waals surface area (Å²) in [5, 5.41) is 7.81. The van der Waals surface area contributed by atoms with E-state index < -0.39 is 39.4 Å². The molecule has 236 valence electrons. The molecule has 4 rings (SSSR count). The van der Waals surface area contributed by atoms with E-state index in [4.69, 9.17) is 21.3 Å². The van der Waals surface area contributed by atoms with Crippen molar-refractivity contribution in [2.45, 2.75) is 38.8 Å². The molecular weight excluding hydrogens is 682 g/mol. The van der Waals surface area contributed by atoms with Crippen molar-refractivity contribution in [3.8, 4) is 11.1 Å². The molecule has 10 nitrogen and oxygen atoms in total. The molecule has 0 spiro atoms. The van der Waals surface area contributed by atoms with Gasteiger partial charge >= 0.3 is 6.09 Å². The van der Waals surface area contributed by atoms with Crippen molar-refractivity contribution >= 4 is 66.1 Å². The van der Waals surface area contributed by atoms with Gasteiger partial charge in [-0.3, -0.25) is 9.40 Å². The van der Waals surface area contributed by atoms with Gasteiger partial charge in [0.1, 0.15) is 21.8 Å². The van der Waals surface area contributed by atoms with Crippen LogP contribution in [0.5, 0.6) is 0 Å². The summed E-state index contributed by atoms with van der Waals surface area (Å²) in [7, 11) is 1.59. The number of carbonyl (C=O) groups excluding carboxylic acids is 1. The van der Waals surface area contributed by atoms with E-state index in [1.54, 1.807) is 40.0 Å². The van der Waals surface area contributed by atoms with Gasteiger partial charge in [-0.1, -0.05) is 17.7 Å². The Morgan fingerprint density at radius 1 is 1.14 bits per heavy atom. The smallest absolute Gasteiger partial charge is 0.408 e. The number of nitrogens with zero attached hydrogens (tertiary/aromatic N) is 4. The largest absolute Gasteiger partial charge is 0.444 e. The van der Waals surface area contributed by atoms with Gasteiger partial charge in [0.15, 0.2) is 5.82 Å². The molecule has 0 aliphatic carbocycles. The molecule has 0 bridgehead atoms. The van der Waals surface area contributed by atoms with Gasteiger partial charge in [-0.2, -0.15) is 5.10 Å². The molecule has 1 atom stereocenters. The lowest BCUT2D eigenvalue weighted by Gasteiger charge is -2.26. The lowest BCUT2D eigenvalue weighted by molar-refractivity contribution is 0.0502. The standard InChI is InChI=1S/C29H32BrClF2N6O4S/c1-29(2,3)43-28(40)34-21(12-15-10-16(32)13-17(33)11-15)24-19(14-22(38(4)5)26(30)35-24)18-8-9-20(31)23-25(18)39(6)36-27(23)37-44(7,41)42/h8-11,13-14,21H,12H2,1-7H3,(H,34,40)(H,36,37). The summed E-state index contributed by atoms with van der Waals surface area (Å²) in [6.45, 7) is 5.14. The van der Waals surface area contributed by atoms with Crippen LogP contribution >= 0.6 is 27.5 Å². The van der Waals surface area contributed by atoms with E-state index in [0.717, 1.165) is 12.3 Å². The Morgan fingerprint density at radius 3 is 2.34 bits per heavy atom. The summed E-state index contributed by atoms with van der Waals surface area (Å²) < 4.78 is 62.6. The van der Waals surface area contributed by atoms with E-state index in [9.17, 15) is 22.0 Å². The first-order valence-corrected chi connectivity index (χ1v) is 16.3. The Morgan fingerprint density at radius 2 is 1.77 bits per heavy atom. The van der Waals surface area contributed by atoms with Crippen LogP contribution in [0.1, 0.15) is 38.1 Å². The zero-order valence-electron chi connectivity index (χ0n) is 25.1. The number of hydrogen-bond donors (Lipinski definition) is 2. The topological polar surface area (TPSA) is 118 Å².